The van der Waals surface area contributed by atoms with Gasteiger partial charge in [0.1, 0.15) is 47.6 Å². The molecule has 1 saturated carbocycles. The number of nitrogens with zero attached hydrogens (tertiary/aromatic N) is 6. The number of carbonyl (C=O) groups excluding carboxylic acids is 3. The van der Waals surface area contributed by atoms with Gasteiger partial charge in [0.15, 0.2) is 0 Å². The Morgan fingerprint density at radius 1 is 0.875 bits per heavy atom. The van der Waals surface area contributed by atoms with Crippen molar-refractivity contribution >= 4 is 34.4 Å². The summed E-state index contributed by atoms with van der Waals surface area (Å²) in [6, 6.07) is 12.5. The highest BCUT2D eigenvalue weighted by Crippen LogP contribution is 2.41. The van der Waals surface area contributed by atoms with Gasteiger partial charge in [0.05, 0.1) is 48.8 Å². The second-order valence-corrected chi connectivity index (χ2v) is 15.3. The number of rotatable bonds is 15. The van der Waals surface area contributed by atoms with Gasteiger partial charge in [-0.15, -0.1) is 0 Å². The van der Waals surface area contributed by atoms with Gasteiger partial charge in [-0.1, -0.05) is 6.58 Å². The Labute approximate surface area is 325 Å². The van der Waals surface area contributed by atoms with Crippen LogP contribution in [-0.2, 0) is 14.3 Å². The van der Waals surface area contributed by atoms with E-state index in [1.165, 1.54) is 0 Å². The normalized spacial score (nSPS) is 22.1. The number of aromatic nitrogens is 4. The van der Waals surface area contributed by atoms with Gasteiger partial charge in [-0.2, -0.15) is 5.10 Å². The van der Waals surface area contributed by atoms with Crippen molar-refractivity contribution in [2.45, 2.75) is 70.2 Å². The SMILES string of the molecule is C=C1CCC(N2C(=O)c3ccc(OCCOCCOCCN4[C@H](C)CN(c5cc(-c6n[nH]c7ccc(OC8(C)CC8)cc67)ncn5)C[C@@H]4C)cc3C2=O)C(=O)N1. The minimum atomic E-state index is -0.851. The molecule has 15 heteroatoms. The van der Waals surface area contributed by atoms with Crippen LogP contribution in [0.3, 0.4) is 0 Å². The molecule has 294 valence electrons. The Morgan fingerprint density at radius 3 is 2.38 bits per heavy atom. The lowest BCUT2D eigenvalue weighted by atomic mass is 10.0. The number of imide groups is 1. The number of fused-ring (bicyclic) bond motifs is 2. The summed E-state index contributed by atoms with van der Waals surface area (Å²) in [4.78, 5) is 53.6. The third-order valence-corrected chi connectivity index (χ3v) is 11.1. The number of piperidine rings is 1. The van der Waals surface area contributed by atoms with E-state index in [9.17, 15) is 14.4 Å². The van der Waals surface area contributed by atoms with E-state index >= 15 is 0 Å². The number of amides is 3. The molecule has 8 rings (SSSR count). The van der Waals surface area contributed by atoms with Crippen LogP contribution >= 0.6 is 0 Å². The van der Waals surface area contributed by atoms with Gasteiger partial charge in [0.25, 0.3) is 11.8 Å². The Bertz CT molecular complexity index is 2140. The second kappa shape index (κ2) is 15.6. The number of piperazine rings is 1. The van der Waals surface area contributed by atoms with Gasteiger partial charge in [-0.25, -0.2) is 9.97 Å². The van der Waals surface area contributed by atoms with Crippen molar-refractivity contribution in [2.24, 2.45) is 0 Å². The first kappa shape index (κ1) is 37.5. The first-order chi connectivity index (χ1) is 27.1. The molecule has 2 aromatic carbocycles. The van der Waals surface area contributed by atoms with Crippen LogP contribution in [0.15, 0.2) is 61.1 Å². The molecule has 3 aliphatic heterocycles. The molecule has 2 aromatic heterocycles. The molecule has 3 amide bonds. The Balaban J connectivity index is 0.748. The molecule has 5 heterocycles. The van der Waals surface area contributed by atoms with Gasteiger partial charge in [0, 0.05) is 48.9 Å². The molecular formula is C41H48N8O7. The molecule has 3 fully saturated rings. The summed E-state index contributed by atoms with van der Waals surface area (Å²) in [5, 5.41) is 11.4. The van der Waals surface area contributed by atoms with Gasteiger partial charge in [0.2, 0.25) is 5.91 Å². The fourth-order valence-corrected chi connectivity index (χ4v) is 7.78. The highest BCUT2D eigenvalue weighted by atomic mass is 16.5. The topological polar surface area (TPSA) is 164 Å². The lowest BCUT2D eigenvalue weighted by Crippen LogP contribution is -2.57. The number of aromatic amines is 1. The van der Waals surface area contributed by atoms with Gasteiger partial charge >= 0.3 is 0 Å². The summed E-state index contributed by atoms with van der Waals surface area (Å²) < 4.78 is 23.6. The van der Waals surface area contributed by atoms with E-state index in [-0.39, 0.29) is 35.4 Å². The fourth-order valence-electron chi connectivity index (χ4n) is 7.78. The van der Waals surface area contributed by atoms with Crippen LogP contribution < -0.4 is 19.7 Å². The number of benzene rings is 2. The molecule has 2 N–H and O–H groups in total. The van der Waals surface area contributed by atoms with Crippen LogP contribution in [0.25, 0.3) is 22.3 Å². The monoisotopic (exact) mass is 764 g/mol. The van der Waals surface area contributed by atoms with Gasteiger partial charge < -0.3 is 29.2 Å². The van der Waals surface area contributed by atoms with Crippen molar-refractivity contribution in [1.29, 1.82) is 0 Å². The Morgan fingerprint density at radius 2 is 1.61 bits per heavy atom. The summed E-state index contributed by atoms with van der Waals surface area (Å²) in [6.07, 6.45) is 4.62. The van der Waals surface area contributed by atoms with Crippen LogP contribution in [0.4, 0.5) is 5.82 Å². The van der Waals surface area contributed by atoms with Crippen LogP contribution in [-0.4, -0.2) is 124 Å². The summed E-state index contributed by atoms with van der Waals surface area (Å²) in [5.41, 5.74) is 3.51. The standard InChI is InChI=1S/C41H48N8O7/c1-25-5-10-35(38(50)44-25)49-39(51)30-8-6-28(19-31(30)40(49)52)55-18-17-54-16-15-53-14-13-48-26(2)22-47(23-27(48)3)36-21-34(42-24-43-36)37-32-20-29(56-41(4)11-12-41)7-9-33(32)45-46-37/h6-9,19-21,24,26-27,35H,1,5,10-18,22-23H2,2-4H3,(H,44,50)(H,45,46)/t26-,27+,35?. The molecule has 0 spiro atoms. The van der Waals surface area contributed by atoms with E-state index in [0.717, 1.165) is 71.2 Å². The average molecular weight is 765 g/mol. The van der Waals surface area contributed by atoms with Crippen LogP contribution in [0, 0.1) is 0 Å². The van der Waals surface area contributed by atoms with E-state index in [2.05, 4.69) is 62.6 Å². The number of allylic oxidation sites excluding steroid dienone is 1. The van der Waals surface area contributed by atoms with Crippen molar-refractivity contribution in [2.75, 3.05) is 57.6 Å². The molecule has 4 aromatic rings. The molecule has 3 atom stereocenters. The van der Waals surface area contributed by atoms with Crippen LogP contribution in [0.1, 0.15) is 67.2 Å². The molecule has 1 unspecified atom stereocenters. The first-order valence-corrected chi connectivity index (χ1v) is 19.4. The zero-order valence-corrected chi connectivity index (χ0v) is 32.1. The molecule has 56 heavy (non-hydrogen) atoms. The number of hydrogen-bond acceptors (Lipinski definition) is 12. The maximum Gasteiger partial charge on any atom is 0.262 e. The third kappa shape index (κ3) is 7.84. The Kier molecular flexibility index (Phi) is 10.5. The predicted octanol–water partition coefficient (Wildman–Crippen LogP) is 4.35. The summed E-state index contributed by atoms with van der Waals surface area (Å²) in [5.74, 6) is 0.808. The molecule has 0 radical (unpaired) electrons. The van der Waals surface area contributed by atoms with Gasteiger partial charge in [-0.05, 0) is 82.9 Å². The minimum absolute atomic E-state index is 0.0610. The maximum atomic E-state index is 13.1. The van der Waals surface area contributed by atoms with E-state index in [1.807, 2.05) is 24.3 Å². The minimum Gasteiger partial charge on any atom is -0.491 e. The van der Waals surface area contributed by atoms with Crippen molar-refractivity contribution in [3.63, 3.8) is 0 Å². The number of carbonyl (C=O) groups is 3. The van der Waals surface area contributed by atoms with E-state index < -0.39 is 23.8 Å². The third-order valence-electron chi connectivity index (χ3n) is 11.1. The van der Waals surface area contributed by atoms with E-state index in [4.69, 9.17) is 18.9 Å². The molecule has 0 bridgehead atoms. The lowest BCUT2D eigenvalue weighted by molar-refractivity contribution is -0.125. The smallest absolute Gasteiger partial charge is 0.262 e. The highest BCUT2D eigenvalue weighted by Gasteiger charge is 2.44. The maximum absolute atomic E-state index is 13.1. The summed E-state index contributed by atoms with van der Waals surface area (Å²) in [6.45, 7) is 14.9. The molecule has 2 saturated heterocycles. The fraction of sp³-hybridized carbons (Fsp3) is 0.463. The molecule has 15 nitrogen and oxygen atoms in total. The number of anilines is 1. The number of H-pyrrole nitrogens is 1. The van der Waals surface area contributed by atoms with Crippen molar-refractivity contribution in [3.8, 4) is 22.9 Å². The summed E-state index contributed by atoms with van der Waals surface area (Å²) >= 11 is 0. The molecule has 4 aliphatic rings. The van der Waals surface area contributed by atoms with Crippen molar-refractivity contribution in [3.05, 3.63) is 72.2 Å². The van der Waals surface area contributed by atoms with Crippen LogP contribution in [0.2, 0.25) is 0 Å². The van der Waals surface area contributed by atoms with E-state index in [1.54, 1.807) is 24.5 Å². The van der Waals surface area contributed by atoms with E-state index in [0.29, 0.717) is 50.7 Å². The predicted molar refractivity (Wildman–Crippen MR) is 208 cm³/mol. The van der Waals surface area contributed by atoms with Crippen molar-refractivity contribution in [1.82, 2.24) is 35.3 Å². The zero-order chi connectivity index (χ0) is 39.0. The number of nitrogens with one attached hydrogen (secondary N) is 2. The van der Waals surface area contributed by atoms with Gasteiger partial charge in [-0.3, -0.25) is 29.3 Å². The molecular weight excluding hydrogens is 716 g/mol. The van der Waals surface area contributed by atoms with Crippen molar-refractivity contribution < 1.29 is 33.3 Å². The number of ether oxygens (including phenoxy) is 4. The largest absolute Gasteiger partial charge is 0.491 e. The lowest BCUT2D eigenvalue weighted by Gasteiger charge is -2.44. The highest BCUT2D eigenvalue weighted by molar-refractivity contribution is 6.23. The zero-order valence-electron chi connectivity index (χ0n) is 32.1. The first-order valence-electron chi connectivity index (χ1n) is 19.4. The average Bonchev–Trinajstić information content (AvgIpc) is 3.66. The quantitative estimate of drug-likeness (QED) is 0.130. The number of hydrogen-bond donors (Lipinski definition) is 2. The summed E-state index contributed by atoms with van der Waals surface area (Å²) in [7, 11) is 0. The molecule has 1 aliphatic carbocycles. The Hall–Kier alpha value is -5.38. The van der Waals surface area contributed by atoms with Crippen LogP contribution in [0.5, 0.6) is 11.5 Å². The second-order valence-electron chi connectivity index (χ2n) is 15.3.